The number of carbonyl (C=O) groups excluding carboxylic acids is 1. The average molecular weight is 479 g/mol. The maximum atomic E-state index is 11.5. The maximum absolute atomic E-state index is 11.5. The predicted molar refractivity (Wildman–Crippen MR) is 130 cm³/mol. The SMILES string of the molecule is CC(C)(C)C(OC(N)=O)C1(C)CCN(c2cnc(Sc3cccc(N)c3Cl)c(N)n2)CC1. The van der Waals surface area contributed by atoms with Gasteiger partial charge < -0.3 is 26.8 Å². The zero-order valence-electron chi connectivity index (χ0n) is 18.9. The van der Waals surface area contributed by atoms with Crippen molar-refractivity contribution in [3.05, 3.63) is 29.4 Å². The van der Waals surface area contributed by atoms with Crippen molar-refractivity contribution in [2.24, 2.45) is 16.6 Å². The maximum Gasteiger partial charge on any atom is 0.404 e. The van der Waals surface area contributed by atoms with Gasteiger partial charge in [0.05, 0.1) is 16.9 Å². The molecule has 2 heterocycles. The van der Waals surface area contributed by atoms with Crippen molar-refractivity contribution in [2.75, 3.05) is 29.5 Å². The summed E-state index contributed by atoms with van der Waals surface area (Å²) in [6, 6.07) is 5.44. The van der Waals surface area contributed by atoms with E-state index in [9.17, 15) is 4.79 Å². The molecule has 1 aromatic heterocycles. The molecule has 6 N–H and O–H groups in total. The van der Waals surface area contributed by atoms with Crippen LogP contribution in [0.5, 0.6) is 0 Å². The van der Waals surface area contributed by atoms with Crippen LogP contribution in [-0.2, 0) is 4.74 Å². The number of benzene rings is 1. The standard InChI is InChI=1S/C22H31ClN6O2S/c1-21(2,3)19(31-20(26)30)22(4)8-10-29(11-9-22)15-12-27-18(17(25)28-15)32-14-7-5-6-13(24)16(14)23/h5-7,12,19H,8-11,24H2,1-4H3,(H2,25,28)(H2,26,30). The van der Waals surface area contributed by atoms with Gasteiger partial charge >= 0.3 is 6.09 Å². The molecule has 1 unspecified atom stereocenters. The topological polar surface area (TPSA) is 133 Å². The van der Waals surface area contributed by atoms with Gasteiger partial charge in [0.2, 0.25) is 0 Å². The third-order valence-electron chi connectivity index (χ3n) is 5.83. The van der Waals surface area contributed by atoms with Crippen LogP contribution in [-0.4, -0.2) is 35.3 Å². The number of ether oxygens (including phenoxy) is 1. The highest BCUT2D eigenvalue weighted by Gasteiger charge is 2.45. The van der Waals surface area contributed by atoms with Gasteiger partial charge in [-0.15, -0.1) is 0 Å². The summed E-state index contributed by atoms with van der Waals surface area (Å²) in [4.78, 5) is 23.5. The molecule has 0 spiro atoms. The summed E-state index contributed by atoms with van der Waals surface area (Å²) in [6.45, 7) is 9.83. The summed E-state index contributed by atoms with van der Waals surface area (Å²) in [6.07, 6.45) is 2.34. The van der Waals surface area contributed by atoms with E-state index in [-0.39, 0.29) is 16.9 Å². The Morgan fingerprint density at radius 2 is 1.94 bits per heavy atom. The lowest BCUT2D eigenvalue weighted by Gasteiger charge is -2.48. The normalized spacial score (nSPS) is 17.1. The summed E-state index contributed by atoms with van der Waals surface area (Å²) in [5, 5.41) is 1.05. The third kappa shape index (κ3) is 5.32. The van der Waals surface area contributed by atoms with Crippen molar-refractivity contribution in [3.8, 4) is 0 Å². The van der Waals surface area contributed by atoms with Crippen LogP contribution in [0.1, 0.15) is 40.5 Å². The fourth-order valence-corrected chi connectivity index (χ4v) is 5.37. The number of primary amides is 1. The first kappa shape index (κ1) is 24.3. The highest BCUT2D eigenvalue weighted by Crippen LogP contribution is 2.44. The van der Waals surface area contributed by atoms with Crippen molar-refractivity contribution < 1.29 is 9.53 Å². The number of hydrogen-bond acceptors (Lipinski definition) is 8. The number of aromatic nitrogens is 2. The first-order valence-electron chi connectivity index (χ1n) is 10.5. The van der Waals surface area contributed by atoms with Crippen molar-refractivity contribution >= 4 is 46.8 Å². The highest BCUT2D eigenvalue weighted by molar-refractivity contribution is 7.99. The van der Waals surface area contributed by atoms with Gasteiger partial charge in [-0.05, 0) is 30.4 Å². The Labute approximate surface area is 198 Å². The smallest absolute Gasteiger partial charge is 0.404 e. The van der Waals surface area contributed by atoms with E-state index in [0.29, 0.717) is 21.6 Å². The molecule has 3 rings (SSSR count). The van der Waals surface area contributed by atoms with Crippen LogP contribution < -0.4 is 22.1 Å². The lowest BCUT2D eigenvalue weighted by Crippen LogP contribution is -2.51. The van der Waals surface area contributed by atoms with Gasteiger partial charge in [-0.1, -0.05) is 57.1 Å². The van der Waals surface area contributed by atoms with Crippen LogP contribution >= 0.6 is 23.4 Å². The fraction of sp³-hybridized carbons (Fsp3) is 0.500. The van der Waals surface area contributed by atoms with Crippen molar-refractivity contribution in [1.29, 1.82) is 0 Å². The van der Waals surface area contributed by atoms with Gasteiger partial charge in [0.1, 0.15) is 16.9 Å². The molecule has 8 nitrogen and oxygen atoms in total. The lowest BCUT2D eigenvalue weighted by atomic mass is 9.67. The Morgan fingerprint density at radius 1 is 1.28 bits per heavy atom. The van der Waals surface area contributed by atoms with Crippen LogP contribution in [0.4, 0.5) is 22.1 Å². The van der Waals surface area contributed by atoms with Gasteiger partial charge in [-0.2, -0.15) is 0 Å². The van der Waals surface area contributed by atoms with E-state index in [2.05, 4.69) is 42.6 Å². The van der Waals surface area contributed by atoms with Gasteiger partial charge in [-0.25, -0.2) is 14.8 Å². The molecule has 0 bridgehead atoms. The number of hydrogen-bond donors (Lipinski definition) is 3. The third-order valence-corrected chi connectivity index (χ3v) is 7.44. The minimum atomic E-state index is -0.736. The molecule has 1 atom stereocenters. The zero-order valence-corrected chi connectivity index (χ0v) is 20.5. The summed E-state index contributed by atoms with van der Waals surface area (Å²) in [5.74, 6) is 1.06. The predicted octanol–water partition coefficient (Wildman–Crippen LogP) is 4.56. The van der Waals surface area contributed by atoms with Gasteiger partial charge in [0.25, 0.3) is 0 Å². The van der Waals surface area contributed by atoms with Crippen LogP contribution in [0.2, 0.25) is 5.02 Å². The highest BCUT2D eigenvalue weighted by atomic mass is 35.5. The molecule has 174 valence electrons. The van der Waals surface area contributed by atoms with Crippen LogP contribution in [0.15, 0.2) is 34.3 Å². The summed E-state index contributed by atoms with van der Waals surface area (Å²) in [7, 11) is 0. The lowest BCUT2D eigenvalue weighted by molar-refractivity contribution is -0.0598. The second-order valence-corrected chi connectivity index (χ2v) is 10.9. The molecule has 1 amide bonds. The monoisotopic (exact) mass is 478 g/mol. The van der Waals surface area contributed by atoms with E-state index < -0.39 is 6.09 Å². The van der Waals surface area contributed by atoms with E-state index in [4.69, 9.17) is 33.5 Å². The van der Waals surface area contributed by atoms with Gasteiger partial charge in [0.15, 0.2) is 5.82 Å². The first-order valence-corrected chi connectivity index (χ1v) is 11.7. The largest absolute Gasteiger partial charge is 0.445 e. The molecule has 0 aliphatic carbocycles. The number of amides is 1. The van der Waals surface area contributed by atoms with Crippen LogP contribution in [0.25, 0.3) is 0 Å². The van der Waals surface area contributed by atoms with Crippen molar-refractivity contribution in [1.82, 2.24) is 9.97 Å². The Balaban J connectivity index is 1.72. The number of nitrogens with zero attached hydrogens (tertiary/aromatic N) is 3. The number of halogens is 1. The van der Waals surface area contributed by atoms with E-state index >= 15 is 0 Å². The quantitative estimate of drug-likeness (QED) is 0.532. The number of piperidine rings is 1. The molecule has 2 aromatic rings. The summed E-state index contributed by atoms with van der Waals surface area (Å²) in [5.41, 5.74) is 17.5. The molecular formula is C22H31ClN6O2S. The second kappa shape index (κ2) is 9.23. The van der Waals surface area contributed by atoms with Crippen LogP contribution in [0.3, 0.4) is 0 Å². The molecule has 1 aliphatic rings. The average Bonchev–Trinajstić information content (AvgIpc) is 2.70. The molecule has 1 fully saturated rings. The number of nitrogens with two attached hydrogens (primary N) is 3. The van der Waals surface area contributed by atoms with E-state index in [0.717, 1.165) is 36.6 Å². The zero-order chi connectivity index (χ0) is 23.7. The molecule has 1 aliphatic heterocycles. The minimum Gasteiger partial charge on any atom is -0.445 e. The molecular weight excluding hydrogens is 448 g/mol. The van der Waals surface area contributed by atoms with Gasteiger partial charge in [0, 0.05) is 23.4 Å². The fourth-order valence-electron chi connectivity index (χ4n) is 4.31. The Bertz CT molecular complexity index is 989. The molecule has 0 saturated carbocycles. The molecule has 1 saturated heterocycles. The van der Waals surface area contributed by atoms with Gasteiger partial charge in [-0.3, -0.25) is 0 Å². The van der Waals surface area contributed by atoms with Crippen LogP contribution in [0, 0.1) is 10.8 Å². The molecule has 10 heteroatoms. The summed E-state index contributed by atoms with van der Waals surface area (Å²) >= 11 is 7.61. The number of rotatable bonds is 5. The molecule has 32 heavy (non-hydrogen) atoms. The van der Waals surface area contributed by atoms with Crippen molar-refractivity contribution in [3.63, 3.8) is 0 Å². The Kier molecular flexibility index (Phi) is 7.00. The summed E-state index contributed by atoms with van der Waals surface area (Å²) < 4.78 is 5.56. The first-order chi connectivity index (χ1) is 14.9. The second-order valence-electron chi connectivity index (χ2n) is 9.50. The molecule has 0 radical (unpaired) electrons. The number of carbonyl (C=O) groups is 1. The van der Waals surface area contributed by atoms with E-state index in [1.54, 1.807) is 12.3 Å². The Morgan fingerprint density at radius 3 is 2.50 bits per heavy atom. The Hall–Kier alpha value is -2.39. The number of anilines is 3. The number of nitrogen functional groups attached to an aromatic ring is 2. The molecule has 1 aromatic carbocycles. The van der Waals surface area contributed by atoms with Crippen molar-refractivity contribution in [2.45, 2.75) is 56.6 Å². The minimum absolute atomic E-state index is 0.192. The van der Waals surface area contributed by atoms with E-state index in [1.807, 2.05) is 12.1 Å². The van der Waals surface area contributed by atoms with E-state index in [1.165, 1.54) is 11.8 Å².